The van der Waals surface area contributed by atoms with Gasteiger partial charge in [-0.25, -0.2) is 8.42 Å². The van der Waals surface area contributed by atoms with Crippen molar-refractivity contribution in [1.82, 2.24) is 4.31 Å². The second-order valence-corrected chi connectivity index (χ2v) is 9.80. The first kappa shape index (κ1) is 23.2. The second kappa shape index (κ2) is 9.90. The number of ether oxygens (including phenoxy) is 2. The molecule has 2 fully saturated rings. The normalized spacial score (nSPS) is 19.5. The van der Waals surface area contributed by atoms with Crippen LogP contribution in [0.1, 0.15) is 13.3 Å². The molecule has 0 bridgehead atoms. The van der Waals surface area contributed by atoms with Gasteiger partial charge in [-0.1, -0.05) is 6.07 Å². The molecule has 1 N–H and O–H groups in total. The van der Waals surface area contributed by atoms with Crippen molar-refractivity contribution in [3.8, 4) is 5.75 Å². The lowest BCUT2D eigenvalue weighted by Crippen LogP contribution is -2.40. The lowest BCUT2D eigenvalue weighted by molar-refractivity contribution is -0.122. The van der Waals surface area contributed by atoms with E-state index in [2.05, 4.69) is 5.32 Å². The predicted octanol–water partition coefficient (Wildman–Crippen LogP) is 2.10. The molecule has 10 heteroatoms. The van der Waals surface area contributed by atoms with Crippen LogP contribution >= 0.6 is 0 Å². The zero-order valence-corrected chi connectivity index (χ0v) is 19.2. The van der Waals surface area contributed by atoms with E-state index < -0.39 is 15.9 Å². The second-order valence-electron chi connectivity index (χ2n) is 7.87. The van der Waals surface area contributed by atoms with E-state index in [4.69, 9.17) is 9.47 Å². The molecule has 0 radical (unpaired) electrons. The van der Waals surface area contributed by atoms with Crippen molar-refractivity contribution in [1.29, 1.82) is 0 Å². The quantitative estimate of drug-likeness (QED) is 0.660. The van der Waals surface area contributed by atoms with Crippen LogP contribution in [0, 0.1) is 5.92 Å². The van der Waals surface area contributed by atoms with Gasteiger partial charge in [-0.15, -0.1) is 0 Å². The molecule has 2 aliphatic heterocycles. The molecule has 0 saturated carbocycles. The topological polar surface area (TPSA) is 105 Å². The molecule has 1 atom stereocenters. The van der Waals surface area contributed by atoms with Gasteiger partial charge in [0.2, 0.25) is 21.8 Å². The first-order chi connectivity index (χ1) is 15.9. The highest BCUT2D eigenvalue weighted by Crippen LogP contribution is 2.28. The molecule has 2 amide bonds. The maximum atomic E-state index is 12.9. The monoisotopic (exact) mass is 473 g/mol. The Morgan fingerprint density at radius 2 is 1.88 bits per heavy atom. The van der Waals surface area contributed by atoms with Crippen molar-refractivity contribution in [2.24, 2.45) is 5.92 Å². The molecular formula is C23H27N3O6S. The Balaban J connectivity index is 1.42. The van der Waals surface area contributed by atoms with Crippen LogP contribution in [0.25, 0.3) is 0 Å². The molecule has 0 spiro atoms. The maximum absolute atomic E-state index is 12.9. The molecule has 0 unspecified atom stereocenters. The number of morpholine rings is 1. The van der Waals surface area contributed by atoms with E-state index in [1.54, 1.807) is 41.3 Å². The Hall–Kier alpha value is -2.95. The van der Waals surface area contributed by atoms with E-state index in [9.17, 15) is 18.0 Å². The fraction of sp³-hybridized carbons (Fsp3) is 0.391. The Morgan fingerprint density at radius 1 is 1.15 bits per heavy atom. The fourth-order valence-corrected chi connectivity index (χ4v) is 5.39. The van der Waals surface area contributed by atoms with E-state index in [1.165, 1.54) is 16.4 Å². The molecule has 4 rings (SSSR count). The predicted molar refractivity (Wildman–Crippen MR) is 123 cm³/mol. The molecule has 2 aliphatic rings. The summed E-state index contributed by atoms with van der Waals surface area (Å²) in [5.74, 6) is -0.279. The number of rotatable bonds is 7. The fourth-order valence-electron chi connectivity index (χ4n) is 3.94. The summed E-state index contributed by atoms with van der Waals surface area (Å²) in [5, 5.41) is 2.77. The van der Waals surface area contributed by atoms with Crippen molar-refractivity contribution in [3.63, 3.8) is 0 Å². The summed E-state index contributed by atoms with van der Waals surface area (Å²) >= 11 is 0. The van der Waals surface area contributed by atoms with Crippen LogP contribution in [-0.2, 0) is 24.3 Å². The molecule has 9 nitrogen and oxygen atoms in total. The minimum Gasteiger partial charge on any atom is -0.494 e. The third-order valence-corrected chi connectivity index (χ3v) is 7.56. The molecule has 2 saturated heterocycles. The smallest absolute Gasteiger partial charge is 0.243 e. The molecule has 176 valence electrons. The minimum absolute atomic E-state index is 0.0881. The van der Waals surface area contributed by atoms with E-state index in [0.717, 1.165) is 0 Å². The summed E-state index contributed by atoms with van der Waals surface area (Å²) in [5.41, 5.74) is 1.08. The van der Waals surface area contributed by atoms with Gasteiger partial charge < -0.3 is 19.7 Å². The maximum Gasteiger partial charge on any atom is 0.243 e. The number of carbonyl (C=O) groups excluding carboxylic acids is 2. The highest BCUT2D eigenvalue weighted by Gasteiger charge is 2.35. The SMILES string of the molecule is CCOc1ccc(N2C[C@H](C(=O)Nc3cccc(S(=O)(=O)N4CCOCC4)c3)CC2=O)cc1. The van der Waals surface area contributed by atoms with E-state index >= 15 is 0 Å². The standard InChI is InChI=1S/C23H27N3O6S/c1-2-32-20-8-6-19(7-9-20)26-16-17(14-22(26)27)23(28)24-18-4-3-5-21(15-18)33(29,30)25-10-12-31-13-11-25/h3-9,15,17H,2,10-14,16H2,1H3,(H,24,28)/t17-/m1/s1. The van der Waals surface area contributed by atoms with Crippen LogP contribution in [-0.4, -0.2) is 64.0 Å². The minimum atomic E-state index is -3.67. The van der Waals surface area contributed by atoms with Gasteiger partial charge in [-0.05, 0) is 49.4 Å². The molecule has 0 aliphatic carbocycles. The van der Waals surface area contributed by atoms with Gasteiger partial charge in [0.1, 0.15) is 5.75 Å². The molecule has 2 aromatic carbocycles. The number of carbonyl (C=O) groups is 2. The molecule has 33 heavy (non-hydrogen) atoms. The van der Waals surface area contributed by atoms with Gasteiger partial charge in [-0.2, -0.15) is 4.31 Å². The molecule has 0 aromatic heterocycles. The van der Waals surface area contributed by atoms with Gasteiger partial charge in [0.05, 0.1) is 30.6 Å². The van der Waals surface area contributed by atoms with Gasteiger partial charge >= 0.3 is 0 Å². The third-order valence-electron chi connectivity index (χ3n) is 5.66. The van der Waals surface area contributed by atoms with Crippen molar-refractivity contribution in [3.05, 3.63) is 48.5 Å². The van der Waals surface area contributed by atoms with Crippen LogP contribution in [0.3, 0.4) is 0 Å². The average molecular weight is 474 g/mol. The van der Waals surface area contributed by atoms with Crippen LogP contribution < -0.4 is 15.0 Å². The molecule has 2 aromatic rings. The van der Waals surface area contributed by atoms with Crippen molar-refractivity contribution in [2.75, 3.05) is 49.7 Å². The highest BCUT2D eigenvalue weighted by molar-refractivity contribution is 7.89. The Kier molecular flexibility index (Phi) is 6.96. The zero-order chi connectivity index (χ0) is 23.4. The number of amides is 2. The van der Waals surface area contributed by atoms with E-state index in [1.807, 2.05) is 6.92 Å². The first-order valence-electron chi connectivity index (χ1n) is 10.9. The zero-order valence-electron chi connectivity index (χ0n) is 18.4. The molecular weight excluding hydrogens is 446 g/mol. The summed E-state index contributed by atoms with van der Waals surface area (Å²) in [7, 11) is -3.67. The number of benzene rings is 2. The largest absolute Gasteiger partial charge is 0.494 e. The summed E-state index contributed by atoms with van der Waals surface area (Å²) in [6, 6.07) is 13.4. The van der Waals surface area contributed by atoms with Gasteiger partial charge in [0, 0.05) is 37.4 Å². The van der Waals surface area contributed by atoms with Gasteiger partial charge in [0.15, 0.2) is 0 Å². The van der Waals surface area contributed by atoms with Gasteiger partial charge in [-0.3, -0.25) is 9.59 Å². The third kappa shape index (κ3) is 5.18. The number of hydrogen-bond acceptors (Lipinski definition) is 6. The Labute approximate surface area is 193 Å². The van der Waals surface area contributed by atoms with E-state index in [-0.39, 0.29) is 29.7 Å². The van der Waals surface area contributed by atoms with Crippen molar-refractivity contribution >= 4 is 33.2 Å². The number of anilines is 2. The number of sulfonamides is 1. The van der Waals surface area contributed by atoms with Gasteiger partial charge in [0.25, 0.3) is 0 Å². The summed E-state index contributed by atoms with van der Waals surface area (Å²) < 4.78 is 37.8. The summed E-state index contributed by atoms with van der Waals surface area (Å²) in [6.45, 7) is 4.01. The number of nitrogens with zero attached hydrogens (tertiary/aromatic N) is 2. The van der Waals surface area contributed by atoms with E-state index in [0.29, 0.717) is 50.0 Å². The average Bonchev–Trinajstić information content (AvgIpc) is 3.22. The number of nitrogens with one attached hydrogen (secondary N) is 1. The lowest BCUT2D eigenvalue weighted by atomic mass is 10.1. The molecule has 2 heterocycles. The van der Waals surface area contributed by atoms with Crippen molar-refractivity contribution < 1.29 is 27.5 Å². The van der Waals surface area contributed by atoms with Crippen molar-refractivity contribution in [2.45, 2.75) is 18.2 Å². The van der Waals surface area contributed by atoms with Crippen LogP contribution in [0.2, 0.25) is 0 Å². The van der Waals surface area contributed by atoms with Crippen LogP contribution in [0.4, 0.5) is 11.4 Å². The summed E-state index contributed by atoms with van der Waals surface area (Å²) in [6.07, 6.45) is 0.0881. The first-order valence-corrected chi connectivity index (χ1v) is 12.3. The Morgan fingerprint density at radius 3 is 2.58 bits per heavy atom. The highest BCUT2D eigenvalue weighted by atomic mass is 32.2. The Bertz CT molecular complexity index is 1110. The number of hydrogen-bond donors (Lipinski definition) is 1. The van der Waals surface area contributed by atoms with Crippen LogP contribution in [0.5, 0.6) is 5.75 Å². The van der Waals surface area contributed by atoms with Crippen LogP contribution in [0.15, 0.2) is 53.4 Å². The summed E-state index contributed by atoms with van der Waals surface area (Å²) in [4.78, 5) is 27.1. The lowest BCUT2D eigenvalue weighted by Gasteiger charge is -2.26.